The Kier molecular flexibility index (Phi) is 37.5. The molecule has 3 aliphatic rings. The van der Waals surface area contributed by atoms with E-state index >= 15 is 0 Å². The highest BCUT2D eigenvalue weighted by Crippen LogP contribution is 2.44. The van der Waals surface area contributed by atoms with Gasteiger partial charge in [-0.15, -0.1) is 0 Å². The van der Waals surface area contributed by atoms with E-state index in [1.54, 1.807) is 111 Å². The maximum Gasteiger partial charge on any atom is 0.412 e. The second-order valence-corrected chi connectivity index (χ2v) is 31.9. The molecule has 3 atom stereocenters. The topological polar surface area (TPSA) is 388 Å². The predicted molar refractivity (Wildman–Crippen MR) is 499 cm³/mol. The Morgan fingerprint density at radius 1 is 0.259 bits per heavy atom. The van der Waals surface area contributed by atoms with E-state index < -0.39 is 71.1 Å². The highest BCUT2D eigenvalue weighted by atomic mass is 16.6. The molecule has 31 nitrogen and oxygen atoms in total. The summed E-state index contributed by atoms with van der Waals surface area (Å²) in [5.41, 5.74) is 8.19. The molecule has 9 aromatic carbocycles. The summed E-state index contributed by atoms with van der Waals surface area (Å²) < 4.78 is 85.0. The zero-order valence-corrected chi connectivity index (χ0v) is 76.6. The Morgan fingerprint density at radius 3 is 0.570 bits per heavy atom. The van der Waals surface area contributed by atoms with Crippen molar-refractivity contribution >= 4 is 60.3 Å². The van der Waals surface area contributed by atoms with Gasteiger partial charge < -0.3 is 102 Å². The molecule has 0 spiro atoms. The molecule has 3 heterocycles. The Hall–Kier alpha value is -15.3. The number of carbonyl (C=O) groups excluding carboxylic acids is 10. The first-order valence-electron chi connectivity index (χ1n) is 43.3. The van der Waals surface area contributed by atoms with Gasteiger partial charge in [0.25, 0.3) is 0 Å². The second kappa shape index (κ2) is 49.8. The van der Waals surface area contributed by atoms with Crippen molar-refractivity contribution in [2.45, 2.75) is 89.9 Å². The molecule has 0 bridgehead atoms. The van der Waals surface area contributed by atoms with E-state index in [0.717, 1.165) is 70.4 Å². The lowest BCUT2D eigenvalue weighted by atomic mass is 9.71. The van der Waals surface area contributed by atoms with Crippen LogP contribution in [0.25, 0.3) is 0 Å². The lowest BCUT2D eigenvalue weighted by Crippen LogP contribution is -2.31. The standard InChI is InChI=1S/C41H45N3O12.C34H36N2O8.C29H30O6/c1-26(2)35(45)51-23-20-42-38(48)54-32-14-8-29(9-15-32)41(7,30-10-16-33(17-11-30)55-39(49)43-21-24-52-36(46)27(3)4)31-12-18-34(19-13-31)56-40(50)44-22-25-53-37(47)28(5)6;1-23(2)30(37)41-21-19-35-32(39)43-28-15-11-26(12-16-28)34(5,25-9-7-6-8-10-25)27-13-17-29(18-14-27)44-33(40)36-20-22-42-31(38)24(3)4;1-29(20-2-8-23(9-3-20)30-14-26-17-33-26,21-4-10-24(11-5-21)31-15-27-18-34-27)22-6-12-25(13-7-22)32-16-28-19-35-28/h8-19H,1,3,5,20-25H2,2,4,6-7H3,(H,42,48)(H,43,49)(H,44,50);6-18H,1,3,19-22H2,2,4-5H3,(H,35,39)(H,36,40);2-13,26-28H,14-19H2,1H3. The number of rotatable bonds is 43. The fourth-order valence-corrected chi connectivity index (χ4v) is 13.1. The van der Waals surface area contributed by atoms with Crippen LogP contribution in [0.3, 0.4) is 0 Å². The van der Waals surface area contributed by atoms with Crippen LogP contribution in [0.4, 0.5) is 24.0 Å². The highest BCUT2D eigenvalue weighted by molar-refractivity contribution is 5.89. The minimum absolute atomic E-state index is 0.00334. The number of ether oxygens (including phenoxy) is 16. The monoisotopic (exact) mass is 1850 g/mol. The van der Waals surface area contributed by atoms with Gasteiger partial charge in [-0.05, 0) is 203 Å². The van der Waals surface area contributed by atoms with E-state index in [1.165, 1.54) is 37.5 Å². The predicted octanol–water partition coefficient (Wildman–Crippen LogP) is 15.5. The molecule has 5 amide bonds. The van der Waals surface area contributed by atoms with E-state index in [9.17, 15) is 47.9 Å². The van der Waals surface area contributed by atoms with E-state index in [4.69, 9.17) is 75.8 Å². The minimum Gasteiger partial charge on any atom is -0.491 e. The van der Waals surface area contributed by atoms with Gasteiger partial charge in [0.2, 0.25) is 0 Å². The molecule has 12 rings (SSSR count). The van der Waals surface area contributed by atoms with Crippen LogP contribution in [0, 0.1) is 0 Å². The van der Waals surface area contributed by atoms with Crippen LogP contribution < -0.4 is 64.5 Å². The lowest BCUT2D eigenvalue weighted by Gasteiger charge is -2.32. The molecular weight excluding hydrogens is 1740 g/mol. The number of nitrogens with one attached hydrogen (secondary N) is 5. The first-order valence-corrected chi connectivity index (χ1v) is 43.3. The van der Waals surface area contributed by atoms with Crippen LogP contribution in [-0.4, -0.2) is 184 Å². The van der Waals surface area contributed by atoms with E-state index in [1.807, 2.05) is 97.9 Å². The molecule has 708 valence electrons. The first kappa shape index (κ1) is 102. The third-order valence-electron chi connectivity index (χ3n) is 21.1. The summed E-state index contributed by atoms with van der Waals surface area (Å²) in [4.78, 5) is 119. The van der Waals surface area contributed by atoms with Gasteiger partial charge in [-0.3, -0.25) is 0 Å². The molecule has 0 aromatic heterocycles. The first-order chi connectivity index (χ1) is 64.8. The van der Waals surface area contributed by atoms with Crippen molar-refractivity contribution in [1.29, 1.82) is 0 Å². The average Bonchev–Trinajstić information content (AvgIpc) is 1.70. The highest BCUT2D eigenvalue weighted by Gasteiger charge is 2.36. The SMILES string of the molecule is C=C(C)C(=O)OCCNC(=O)Oc1ccc(C(C)(c2ccc(OC(=O)NCCOC(=O)C(=C)C)cc2)c2ccc(OC(=O)NCCOC(=O)C(=C)C)cc2)cc1.C=C(C)C(=O)OCCNC(=O)Oc1ccc(C(C)(c2ccccc2)c2ccc(OC(=O)NCCOC(=O)C(=C)C)cc2)cc1.CC(c1ccc(OCC2CO2)cc1)(c1ccc(OCC2CO2)cc1)c1ccc(OCC2CO2)cc1. The van der Waals surface area contributed by atoms with Gasteiger partial charge in [0, 0.05) is 44.1 Å². The maximum atomic E-state index is 12.4. The Labute approximate surface area is 783 Å². The summed E-state index contributed by atoms with van der Waals surface area (Å²) in [6, 6.07) is 69.8. The van der Waals surface area contributed by atoms with Gasteiger partial charge in [0.15, 0.2) is 0 Å². The van der Waals surface area contributed by atoms with Crippen molar-refractivity contribution in [1.82, 2.24) is 26.6 Å². The van der Waals surface area contributed by atoms with Crippen LogP contribution in [0.5, 0.6) is 46.0 Å². The summed E-state index contributed by atoms with van der Waals surface area (Å²) in [6.45, 7) is 35.7. The Bertz CT molecular complexity index is 5150. The number of hydrogen-bond donors (Lipinski definition) is 5. The Morgan fingerprint density at radius 2 is 0.415 bits per heavy atom. The molecule has 3 unspecified atom stereocenters. The van der Waals surface area contributed by atoms with Crippen LogP contribution in [-0.2, 0) is 78.1 Å². The van der Waals surface area contributed by atoms with Gasteiger partial charge in [0.05, 0.1) is 52.5 Å². The van der Waals surface area contributed by atoms with Gasteiger partial charge in [0.1, 0.15) is 117 Å². The summed E-state index contributed by atoms with van der Waals surface area (Å²) in [7, 11) is 0. The lowest BCUT2D eigenvalue weighted by molar-refractivity contribution is -0.139. The van der Waals surface area contributed by atoms with E-state index in [-0.39, 0.29) is 135 Å². The van der Waals surface area contributed by atoms with Gasteiger partial charge in [-0.1, -0.05) is 160 Å². The molecule has 0 radical (unpaired) electrons. The zero-order chi connectivity index (χ0) is 97.0. The third-order valence-corrected chi connectivity index (χ3v) is 21.1. The molecule has 3 fully saturated rings. The fourth-order valence-electron chi connectivity index (χ4n) is 13.1. The van der Waals surface area contributed by atoms with Crippen molar-refractivity contribution < 1.29 is 124 Å². The number of esters is 5. The summed E-state index contributed by atoms with van der Waals surface area (Å²) in [5, 5.41) is 12.6. The maximum absolute atomic E-state index is 12.4. The van der Waals surface area contributed by atoms with Crippen molar-refractivity contribution in [2.24, 2.45) is 0 Å². The fraction of sp³-hybridized carbons (Fsp3) is 0.288. The van der Waals surface area contributed by atoms with Crippen molar-refractivity contribution in [3.05, 3.63) is 335 Å². The van der Waals surface area contributed by atoms with Crippen LogP contribution in [0.1, 0.15) is 105 Å². The van der Waals surface area contributed by atoms with Gasteiger partial charge in [-0.25, -0.2) is 47.9 Å². The molecular formula is C104H111N5O26. The number of epoxide rings is 3. The van der Waals surface area contributed by atoms with Crippen LogP contribution in [0.15, 0.2) is 285 Å². The van der Waals surface area contributed by atoms with Gasteiger partial charge >= 0.3 is 60.3 Å². The number of carbonyl (C=O) groups is 10. The van der Waals surface area contributed by atoms with Crippen LogP contribution in [0.2, 0.25) is 0 Å². The van der Waals surface area contributed by atoms with Crippen molar-refractivity contribution in [3.63, 3.8) is 0 Å². The number of benzene rings is 9. The molecule has 9 aromatic rings. The molecule has 3 saturated heterocycles. The molecule has 135 heavy (non-hydrogen) atoms. The molecule has 3 aliphatic heterocycles. The van der Waals surface area contributed by atoms with Gasteiger partial charge in [-0.2, -0.15) is 0 Å². The number of hydrogen-bond acceptors (Lipinski definition) is 26. The molecule has 0 saturated carbocycles. The smallest absolute Gasteiger partial charge is 0.412 e. The zero-order valence-electron chi connectivity index (χ0n) is 76.6. The van der Waals surface area contributed by atoms with Crippen LogP contribution >= 0.6 is 0 Å². The minimum atomic E-state index is -0.851. The largest absolute Gasteiger partial charge is 0.491 e. The summed E-state index contributed by atoms with van der Waals surface area (Å²) >= 11 is 0. The second-order valence-electron chi connectivity index (χ2n) is 31.9. The van der Waals surface area contributed by atoms with E-state index in [2.05, 4.69) is 110 Å². The summed E-state index contributed by atoms with van der Waals surface area (Å²) in [6.07, 6.45) is -2.88. The molecule has 5 N–H and O–H groups in total. The molecule has 31 heteroatoms. The average molecular weight is 1850 g/mol. The number of amides is 5. The normalized spacial score (nSPS) is 14.0. The molecule has 0 aliphatic carbocycles. The van der Waals surface area contributed by atoms with E-state index in [0.29, 0.717) is 31.3 Å². The quantitative estimate of drug-likeness (QED) is 0.00592. The van der Waals surface area contributed by atoms with Crippen molar-refractivity contribution in [3.8, 4) is 46.0 Å². The third kappa shape index (κ3) is 31.7. The van der Waals surface area contributed by atoms with Crippen molar-refractivity contribution in [2.75, 3.05) is 105 Å². The Balaban J connectivity index is 0.000000215. The summed E-state index contributed by atoms with van der Waals surface area (Å²) in [5.74, 6) is 1.23.